The van der Waals surface area contributed by atoms with Crippen molar-refractivity contribution >= 4 is 10.6 Å². The summed E-state index contributed by atoms with van der Waals surface area (Å²) in [6, 6.07) is 10.7. The van der Waals surface area contributed by atoms with Crippen molar-refractivity contribution in [1.82, 2.24) is 0 Å². The molecule has 4 saturated carbocycles. The first-order valence-electron chi connectivity index (χ1n) is 22.4. The molecule has 3 heteroatoms. The predicted octanol–water partition coefficient (Wildman–Crippen LogP) is 15.7. The highest BCUT2D eigenvalue weighted by Gasteiger charge is 2.46. The molecule has 0 unspecified atom stereocenters. The summed E-state index contributed by atoms with van der Waals surface area (Å²) in [5.74, 6) is 4.26. The van der Waals surface area contributed by atoms with Crippen LogP contribution in [0.2, 0.25) is 0 Å². The van der Waals surface area contributed by atoms with Gasteiger partial charge in [-0.05, 0) is 107 Å². The highest BCUT2D eigenvalue weighted by molar-refractivity contribution is 8.26. The Bertz CT molecular complexity index is 1490. The number of fused-ring (bicyclic) bond motifs is 3. The van der Waals surface area contributed by atoms with Gasteiger partial charge in [-0.15, -0.1) is 10.6 Å². The third-order valence-corrected chi connectivity index (χ3v) is 18.3. The van der Waals surface area contributed by atoms with E-state index in [-0.39, 0.29) is 32.5 Å². The molecular formula is C50H78O2S. The van der Waals surface area contributed by atoms with Crippen molar-refractivity contribution in [2.24, 2.45) is 10.8 Å². The Morgan fingerprint density at radius 3 is 1.00 bits per heavy atom. The van der Waals surface area contributed by atoms with E-state index in [0.717, 1.165) is 11.5 Å². The summed E-state index contributed by atoms with van der Waals surface area (Å²) in [5.41, 5.74) is 9.61. The summed E-state index contributed by atoms with van der Waals surface area (Å²) in [4.78, 5) is 0. The topological polar surface area (TPSA) is 18.5 Å². The van der Waals surface area contributed by atoms with E-state index < -0.39 is 10.6 Å². The molecule has 0 radical (unpaired) electrons. The number of hydrogen-bond donors (Lipinski definition) is 0. The Hall–Kier alpha value is -1.61. The fraction of sp³-hybridized carbons (Fsp3) is 0.760. The zero-order chi connectivity index (χ0) is 37.9. The minimum Gasteiger partial charge on any atom is -0.382 e. The molecule has 0 saturated heterocycles. The van der Waals surface area contributed by atoms with Gasteiger partial charge in [-0.1, -0.05) is 158 Å². The largest absolute Gasteiger partial charge is 0.382 e. The van der Waals surface area contributed by atoms with Crippen LogP contribution in [0.3, 0.4) is 0 Å². The Kier molecular flexibility index (Phi) is 10.8. The van der Waals surface area contributed by atoms with Crippen LogP contribution in [0.15, 0.2) is 24.3 Å². The van der Waals surface area contributed by atoms with E-state index in [1.54, 1.807) is 11.1 Å². The minimum atomic E-state index is -2.06. The summed E-state index contributed by atoms with van der Waals surface area (Å²) in [6.45, 7) is 24.9. The van der Waals surface area contributed by atoms with Gasteiger partial charge in [0.2, 0.25) is 0 Å². The maximum atomic E-state index is 8.05. The lowest BCUT2D eigenvalue weighted by Gasteiger charge is -2.50. The number of benzene rings is 2. The molecule has 2 nitrogen and oxygen atoms in total. The average Bonchev–Trinajstić information content (AvgIpc) is 3.20. The van der Waals surface area contributed by atoms with Crippen LogP contribution in [0.25, 0.3) is 11.1 Å². The zero-order valence-corrected chi connectivity index (χ0v) is 36.9. The van der Waals surface area contributed by atoms with E-state index in [0.29, 0.717) is 0 Å². The predicted molar refractivity (Wildman–Crippen MR) is 231 cm³/mol. The average molecular weight is 743 g/mol. The fourth-order valence-corrected chi connectivity index (χ4v) is 15.7. The van der Waals surface area contributed by atoms with E-state index in [2.05, 4.69) is 93.5 Å². The molecule has 0 spiro atoms. The molecule has 0 aromatic heterocycles. The van der Waals surface area contributed by atoms with Crippen molar-refractivity contribution in [3.05, 3.63) is 46.5 Å². The van der Waals surface area contributed by atoms with Gasteiger partial charge in [-0.2, -0.15) is 0 Å². The van der Waals surface area contributed by atoms with Crippen molar-refractivity contribution in [3.8, 4) is 22.6 Å². The van der Waals surface area contributed by atoms with Crippen LogP contribution in [0.1, 0.15) is 220 Å². The molecule has 0 N–H and O–H groups in total. The molecule has 4 aliphatic carbocycles. The molecule has 2 aromatic rings. The van der Waals surface area contributed by atoms with E-state index in [4.69, 9.17) is 8.37 Å². The molecule has 2 aromatic carbocycles. The molecule has 0 atom stereocenters. The van der Waals surface area contributed by atoms with Gasteiger partial charge in [0.05, 0.1) is 11.5 Å². The van der Waals surface area contributed by atoms with Crippen LogP contribution in [0, 0.1) is 10.8 Å². The van der Waals surface area contributed by atoms with Gasteiger partial charge >= 0.3 is 0 Å². The first kappa shape index (κ1) is 39.6. The maximum Gasteiger partial charge on any atom is 0.163 e. The van der Waals surface area contributed by atoms with Gasteiger partial charge < -0.3 is 8.37 Å². The quantitative estimate of drug-likeness (QED) is 0.293. The van der Waals surface area contributed by atoms with Crippen LogP contribution in [0.4, 0.5) is 0 Å². The monoisotopic (exact) mass is 743 g/mol. The van der Waals surface area contributed by atoms with E-state index in [9.17, 15) is 0 Å². The molecule has 296 valence electrons. The fourth-order valence-electron chi connectivity index (χ4n) is 11.7. The van der Waals surface area contributed by atoms with Gasteiger partial charge in [-0.3, -0.25) is 0 Å². The van der Waals surface area contributed by atoms with E-state index in [1.807, 2.05) is 0 Å². The molecular weight excluding hydrogens is 665 g/mol. The second-order valence-electron chi connectivity index (χ2n) is 22.6. The highest BCUT2D eigenvalue weighted by atomic mass is 32.3. The van der Waals surface area contributed by atoms with E-state index in [1.165, 1.54) is 162 Å². The summed E-state index contributed by atoms with van der Waals surface area (Å²) in [6.07, 6.45) is 26.2. The van der Waals surface area contributed by atoms with Crippen molar-refractivity contribution in [1.29, 1.82) is 0 Å². The Balaban J connectivity index is 1.60. The SMILES string of the molecule is CC(C)(C)CS1(CC(C)(C)C)Oc2c(cc(C3(C)CCCCC3)cc2C2(C)CCCCC2)-c2cc(C3(C)CCCCC3)cc(C3(C)CCCCC3)c2O1. The molecule has 53 heavy (non-hydrogen) atoms. The minimum absolute atomic E-state index is 0.0556. The standard InChI is InChI=1S/C50H78O2S/c1-45(2,3)35-53(36-46(4,5)6)51-43-39(31-37(47(7)23-15-11-16-24-47)33-41(43)49(9)27-19-13-20-28-49)40-32-38(48(8)25-17-12-18-26-48)34-42(44(40)52-53)50(10)29-21-14-22-30-50/h31-34H,11-30,35-36H2,1-10H3. The molecule has 4 fully saturated rings. The third-order valence-electron chi connectivity index (χ3n) is 14.8. The molecule has 1 aliphatic heterocycles. The lowest BCUT2D eigenvalue weighted by atomic mass is 9.65. The summed E-state index contributed by atoms with van der Waals surface area (Å²) < 4.78 is 16.1. The third kappa shape index (κ3) is 8.14. The molecule has 5 aliphatic rings. The molecule has 7 rings (SSSR count). The normalized spacial score (nSPS) is 25.5. The van der Waals surface area contributed by atoms with Crippen LogP contribution in [0.5, 0.6) is 11.5 Å². The Labute approximate surface area is 328 Å². The van der Waals surface area contributed by atoms with Gasteiger partial charge in [0.25, 0.3) is 0 Å². The maximum absolute atomic E-state index is 8.05. The smallest absolute Gasteiger partial charge is 0.163 e. The van der Waals surface area contributed by atoms with Crippen LogP contribution in [-0.2, 0) is 21.7 Å². The molecule has 1 heterocycles. The zero-order valence-electron chi connectivity index (χ0n) is 36.1. The summed E-state index contributed by atoms with van der Waals surface area (Å²) in [5, 5.41) is 0. The van der Waals surface area contributed by atoms with Gasteiger partial charge in [0.1, 0.15) is 0 Å². The second kappa shape index (κ2) is 14.4. The summed E-state index contributed by atoms with van der Waals surface area (Å²) in [7, 11) is -2.06. The van der Waals surface area contributed by atoms with Gasteiger partial charge in [-0.25, -0.2) is 0 Å². The second-order valence-corrected chi connectivity index (χ2v) is 25.0. The van der Waals surface area contributed by atoms with Crippen LogP contribution in [-0.4, -0.2) is 11.5 Å². The van der Waals surface area contributed by atoms with Gasteiger partial charge in [0.15, 0.2) is 11.5 Å². The Morgan fingerprint density at radius 1 is 0.434 bits per heavy atom. The molecule has 0 amide bonds. The van der Waals surface area contributed by atoms with Gasteiger partial charge in [0, 0.05) is 22.3 Å². The van der Waals surface area contributed by atoms with Crippen molar-refractivity contribution in [2.75, 3.05) is 11.5 Å². The first-order valence-corrected chi connectivity index (χ1v) is 24.2. The van der Waals surface area contributed by atoms with E-state index >= 15 is 0 Å². The van der Waals surface area contributed by atoms with Crippen molar-refractivity contribution in [2.45, 2.75) is 219 Å². The number of hydrogen-bond acceptors (Lipinski definition) is 2. The first-order chi connectivity index (χ1) is 24.9. The Morgan fingerprint density at radius 2 is 0.717 bits per heavy atom. The highest BCUT2D eigenvalue weighted by Crippen LogP contribution is 2.66. The molecule has 0 bridgehead atoms. The lowest BCUT2D eigenvalue weighted by Crippen LogP contribution is -2.35. The van der Waals surface area contributed by atoms with Crippen LogP contribution < -0.4 is 8.37 Å². The van der Waals surface area contributed by atoms with Crippen LogP contribution >= 0.6 is 10.6 Å². The van der Waals surface area contributed by atoms with Crippen molar-refractivity contribution < 1.29 is 8.37 Å². The van der Waals surface area contributed by atoms with Crippen molar-refractivity contribution in [3.63, 3.8) is 0 Å². The lowest BCUT2D eigenvalue weighted by molar-refractivity contribution is 0.303. The summed E-state index contributed by atoms with van der Waals surface area (Å²) >= 11 is 0. The number of rotatable bonds is 6.